The highest BCUT2D eigenvalue weighted by Crippen LogP contribution is 2.30. The number of carbonyl (C=O) groups excluding carboxylic acids is 1. The number of hydrogen-bond donors (Lipinski definition) is 1. The Balaban J connectivity index is 2.16. The van der Waals surface area contributed by atoms with Crippen molar-refractivity contribution >= 4 is 17.1 Å². The van der Waals surface area contributed by atoms with Crippen LogP contribution in [-0.2, 0) is 4.79 Å². The van der Waals surface area contributed by atoms with Crippen molar-refractivity contribution in [2.24, 2.45) is 0 Å². The topological polar surface area (TPSA) is 42.2 Å². The van der Waals surface area contributed by atoms with E-state index < -0.39 is 0 Å². The monoisotopic (exact) mass is 225 g/mol. The smallest absolute Gasteiger partial charge is 0.252 e. The van der Waals surface area contributed by atoms with E-state index in [1.54, 1.807) is 6.26 Å². The normalized spacial score (nSPS) is 15.2. The van der Waals surface area contributed by atoms with E-state index in [0.717, 1.165) is 16.9 Å². The van der Waals surface area contributed by atoms with E-state index in [1.165, 1.54) is 0 Å². The molecule has 0 aliphatic carbocycles. The van der Waals surface area contributed by atoms with Crippen molar-refractivity contribution in [2.45, 2.75) is 0 Å². The molecule has 0 unspecified atom stereocenters. The van der Waals surface area contributed by atoms with E-state index >= 15 is 0 Å². The molecule has 0 fully saturated rings. The molecule has 17 heavy (non-hydrogen) atoms. The third kappa shape index (κ3) is 1.65. The molecule has 1 aromatic heterocycles. The molecule has 1 aliphatic rings. The number of benzene rings is 1. The van der Waals surface area contributed by atoms with Crippen molar-refractivity contribution in [3.05, 3.63) is 60.1 Å². The number of nitrogens with one attached hydrogen (secondary N) is 1. The van der Waals surface area contributed by atoms with Crippen molar-refractivity contribution in [3.63, 3.8) is 0 Å². The molecule has 3 heteroatoms. The molecule has 0 spiro atoms. The summed E-state index contributed by atoms with van der Waals surface area (Å²) in [5.74, 6) is 0.713. The van der Waals surface area contributed by atoms with Gasteiger partial charge in [0.15, 0.2) is 0 Å². The summed E-state index contributed by atoms with van der Waals surface area (Å²) in [6, 6.07) is 13.4. The first-order valence-corrected chi connectivity index (χ1v) is 5.47. The molecule has 3 nitrogen and oxygen atoms in total. The van der Waals surface area contributed by atoms with Gasteiger partial charge in [0.1, 0.15) is 5.76 Å². The Kier molecular flexibility index (Phi) is 2.29. The number of amides is 1. The van der Waals surface area contributed by atoms with Crippen LogP contribution < -0.4 is 5.32 Å². The maximum atomic E-state index is 11.9. The van der Waals surface area contributed by atoms with Gasteiger partial charge in [-0.1, -0.05) is 30.3 Å². The molecule has 2 aromatic rings. The Morgan fingerprint density at radius 2 is 1.88 bits per heavy atom. The SMILES string of the molecule is O=C1NCC(c2ccco2)=C1c1ccccc1. The highest BCUT2D eigenvalue weighted by Gasteiger charge is 2.25. The van der Waals surface area contributed by atoms with Gasteiger partial charge in [0.2, 0.25) is 0 Å². The predicted molar refractivity (Wildman–Crippen MR) is 65.0 cm³/mol. The molecule has 84 valence electrons. The molecule has 1 aliphatic heterocycles. The fourth-order valence-electron chi connectivity index (χ4n) is 2.05. The largest absolute Gasteiger partial charge is 0.465 e. The molecule has 1 N–H and O–H groups in total. The van der Waals surface area contributed by atoms with Crippen LogP contribution in [0, 0.1) is 0 Å². The quantitative estimate of drug-likeness (QED) is 0.852. The minimum atomic E-state index is -0.0393. The summed E-state index contributed by atoms with van der Waals surface area (Å²) in [5.41, 5.74) is 2.56. The number of carbonyl (C=O) groups is 1. The Morgan fingerprint density at radius 3 is 2.59 bits per heavy atom. The predicted octanol–water partition coefficient (Wildman–Crippen LogP) is 2.32. The molecule has 2 heterocycles. The molecule has 0 bridgehead atoms. The van der Waals surface area contributed by atoms with Gasteiger partial charge in [-0.3, -0.25) is 4.79 Å². The fraction of sp³-hybridized carbons (Fsp3) is 0.0714. The summed E-state index contributed by atoms with van der Waals surface area (Å²) >= 11 is 0. The Hall–Kier alpha value is -2.29. The fourth-order valence-corrected chi connectivity index (χ4v) is 2.05. The van der Waals surface area contributed by atoms with Crippen LogP contribution in [0.1, 0.15) is 11.3 Å². The number of rotatable bonds is 2. The number of furan rings is 1. The van der Waals surface area contributed by atoms with Gasteiger partial charge >= 0.3 is 0 Å². The Morgan fingerprint density at radius 1 is 1.06 bits per heavy atom. The lowest BCUT2D eigenvalue weighted by atomic mass is 10.0. The second-order valence-corrected chi connectivity index (χ2v) is 3.88. The van der Waals surface area contributed by atoms with Gasteiger partial charge in [-0.05, 0) is 17.7 Å². The molecular weight excluding hydrogens is 214 g/mol. The van der Waals surface area contributed by atoms with Crippen LogP contribution in [0.5, 0.6) is 0 Å². The van der Waals surface area contributed by atoms with Crippen LogP contribution in [0.2, 0.25) is 0 Å². The van der Waals surface area contributed by atoms with Gasteiger partial charge in [0.25, 0.3) is 5.91 Å². The van der Waals surface area contributed by atoms with Crippen molar-refractivity contribution in [3.8, 4) is 0 Å². The molecule has 0 saturated heterocycles. The van der Waals surface area contributed by atoms with Crippen LogP contribution in [0.3, 0.4) is 0 Å². The van der Waals surface area contributed by atoms with Crippen LogP contribution in [0.15, 0.2) is 53.1 Å². The summed E-state index contributed by atoms with van der Waals surface area (Å²) < 4.78 is 5.37. The van der Waals surface area contributed by atoms with Gasteiger partial charge in [-0.2, -0.15) is 0 Å². The second kappa shape index (κ2) is 3.94. The number of hydrogen-bond acceptors (Lipinski definition) is 2. The van der Waals surface area contributed by atoms with Crippen LogP contribution in [0.4, 0.5) is 0 Å². The molecular formula is C14H11NO2. The summed E-state index contributed by atoms with van der Waals surface area (Å²) in [6.07, 6.45) is 1.62. The maximum Gasteiger partial charge on any atom is 0.252 e. The first-order chi connectivity index (χ1) is 8.36. The second-order valence-electron chi connectivity index (χ2n) is 3.88. The first kappa shape index (κ1) is 9.90. The van der Waals surface area contributed by atoms with Crippen molar-refractivity contribution in [1.29, 1.82) is 0 Å². The highest BCUT2D eigenvalue weighted by molar-refractivity contribution is 6.30. The Labute approximate surface area is 98.8 Å². The standard InChI is InChI=1S/C14H11NO2/c16-14-13(10-5-2-1-3-6-10)11(9-15-14)12-7-4-8-17-12/h1-8H,9H2,(H,15,16). The zero-order valence-electron chi connectivity index (χ0n) is 9.14. The van der Waals surface area contributed by atoms with Crippen LogP contribution >= 0.6 is 0 Å². The van der Waals surface area contributed by atoms with Gasteiger partial charge < -0.3 is 9.73 Å². The van der Waals surface area contributed by atoms with Crippen LogP contribution in [-0.4, -0.2) is 12.5 Å². The van der Waals surface area contributed by atoms with E-state index in [-0.39, 0.29) is 5.91 Å². The van der Waals surface area contributed by atoms with E-state index in [9.17, 15) is 4.79 Å². The minimum absolute atomic E-state index is 0.0393. The third-order valence-corrected chi connectivity index (χ3v) is 2.84. The molecule has 0 saturated carbocycles. The van der Waals surface area contributed by atoms with E-state index in [0.29, 0.717) is 12.1 Å². The lowest BCUT2D eigenvalue weighted by molar-refractivity contribution is -0.114. The summed E-state index contributed by atoms with van der Waals surface area (Å²) in [6.45, 7) is 0.524. The molecule has 1 amide bonds. The zero-order chi connectivity index (χ0) is 11.7. The molecule has 0 radical (unpaired) electrons. The summed E-state index contributed by atoms with van der Waals surface area (Å²) in [5, 5.41) is 2.83. The third-order valence-electron chi connectivity index (χ3n) is 2.84. The lowest BCUT2D eigenvalue weighted by Crippen LogP contribution is -2.16. The average molecular weight is 225 g/mol. The van der Waals surface area contributed by atoms with Gasteiger partial charge in [0.05, 0.1) is 11.8 Å². The van der Waals surface area contributed by atoms with Gasteiger partial charge in [-0.25, -0.2) is 0 Å². The minimum Gasteiger partial charge on any atom is -0.465 e. The summed E-state index contributed by atoms with van der Waals surface area (Å²) in [4.78, 5) is 11.9. The first-order valence-electron chi connectivity index (χ1n) is 5.47. The van der Waals surface area contributed by atoms with Crippen molar-refractivity contribution < 1.29 is 9.21 Å². The maximum absolute atomic E-state index is 11.9. The average Bonchev–Trinajstić information content (AvgIpc) is 2.98. The van der Waals surface area contributed by atoms with E-state index in [4.69, 9.17) is 4.42 Å². The lowest BCUT2D eigenvalue weighted by Gasteiger charge is -2.02. The zero-order valence-corrected chi connectivity index (χ0v) is 9.14. The van der Waals surface area contributed by atoms with Crippen molar-refractivity contribution in [2.75, 3.05) is 6.54 Å². The molecule has 1 aromatic carbocycles. The van der Waals surface area contributed by atoms with Gasteiger partial charge in [-0.15, -0.1) is 0 Å². The van der Waals surface area contributed by atoms with Crippen molar-refractivity contribution in [1.82, 2.24) is 5.32 Å². The van der Waals surface area contributed by atoms with E-state index in [1.807, 2.05) is 42.5 Å². The molecule has 3 rings (SSSR count). The summed E-state index contributed by atoms with van der Waals surface area (Å²) in [7, 11) is 0. The molecule has 0 atom stereocenters. The van der Waals surface area contributed by atoms with Gasteiger partial charge in [0, 0.05) is 12.1 Å². The Bertz CT molecular complexity index is 568. The van der Waals surface area contributed by atoms with E-state index in [2.05, 4.69) is 5.32 Å². The van der Waals surface area contributed by atoms with Crippen LogP contribution in [0.25, 0.3) is 11.1 Å². The highest BCUT2D eigenvalue weighted by atomic mass is 16.3.